The number of hydrogen-bond donors (Lipinski definition) is 2. The lowest BCUT2D eigenvalue weighted by molar-refractivity contribution is -0.153. The van der Waals surface area contributed by atoms with Crippen molar-refractivity contribution in [2.45, 2.75) is 26.2 Å². The van der Waals surface area contributed by atoms with Gasteiger partial charge in [-0.1, -0.05) is 6.07 Å². The van der Waals surface area contributed by atoms with Gasteiger partial charge in [-0.25, -0.2) is 4.99 Å². The van der Waals surface area contributed by atoms with Crippen LogP contribution in [-0.2, 0) is 20.1 Å². The largest absolute Gasteiger partial charge is 0.493 e. The first-order valence-corrected chi connectivity index (χ1v) is 8.68. The van der Waals surface area contributed by atoms with Gasteiger partial charge in [0, 0.05) is 19.8 Å². The first-order chi connectivity index (χ1) is 13.3. The highest BCUT2D eigenvalue weighted by molar-refractivity contribution is 14.0. The molecule has 2 aromatic rings. The van der Waals surface area contributed by atoms with Gasteiger partial charge in [0.2, 0.25) is 0 Å². The Labute approximate surface area is 184 Å². The van der Waals surface area contributed by atoms with Crippen molar-refractivity contribution in [3.05, 3.63) is 41.7 Å². The molecule has 0 bridgehead atoms. The van der Waals surface area contributed by atoms with Crippen molar-refractivity contribution in [2.24, 2.45) is 12.0 Å². The summed E-state index contributed by atoms with van der Waals surface area (Å²) in [6.45, 7) is 2.14. The Bertz CT molecular complexity index is 796. The summed E-state index contributed by atoms with van der Waals surface area (Å²) >= 11 is 0. The van der Waals surface area contributed by atoms with Crippen LogP contribution in [0.2, 0.25) is 0 Å². The molecule has 29 heavy (non-hydrogen) atoms. The van der Waals surface area contributed by atoms with Gasteiger partial charge in [0.25, 0.3) is 0 Å². The molecule has 0 radical (unpaired) electrons. The van der Waals surface area contributed by atoms with Crippen LogP contribution < -0.4 is 20.1 Å². The van der Waals surface area contributed by atoms with E-state index in [1.165, 1.54) is 13.2 Å². The Morgan fingerprint density at radius 3 is 2.55 bits per heavy atom. The minimum absolute atomic E-state index is 0. The topological polar surface area (TPSA) is 72.7 Å². The number of nitrogens with one attached hydrogen (secondary N) is 2. The second-order valence-electron chi connectivity index (χ2n) is 5.88. The standard InChI is InChI=1S/C18H24F3N5O2.HI/c1-4-22-17(24-11-14-7-8-25-26(14)2)23-10-13-5-6-15(16(9-13)27-3)28-12-18(19,20)21;/h5-9H,4,10-12H2,1-3H3,(H2,22,23,24);1H. The second-order valence-corrected chi connectivity index (χ2v) is 5.88. The highest BCUT2D eigenvalue weighted by Crippen LogP contribution is 2.30. The quantitative estimate of drug-likeness (QED) is 0.314. The molecular weight excluding hydrogens is 502 g/mol. The zero-order valence-electron chi connectivity index (χ0n) is 16.4. The lowest BCUT2D eigenvalue weighted by Crippen LogP contribution is -2.37. The fraction of sp³-hybridized carbons (Fsp3) is 0.444. The van der Waals surface area contributed by atoms with Crippen molar-refractivity contribution in [1.29, 1.82) is 0 Å². The summed E-state index contributed by atoms with van der Waals surface area (Å²) < 4.78 is 48.7. The van der Waals surface area contributed by atoms with Gasteiger partial charge in [0.15, 0.2) is 24.1 Å². The van der Waals surface area contributed by atoms with Crippen molar-refractivity contribution in [1.82, 2.24) is 20.4 Å². The second kappa shape index (κ2) is 11.7. The number of halogens is 4. The number of hydrogen-bond acceptors (Lipinski definition) is 4. The van der Waals surface area contributed by atoms with Crippen molar-refractivity contribution in [3.63, 3.8) is 0 Å². The summed E-state index contributed by atoms with van der Waals surface area (Å²) in [4.78, 5) is 4.49. The normalized spacial score (nSPS) is 11.6. The highest BCUT2D eigenvalue weighted by atomic mass is 127. The van der Waals surface area contributed by atoms with Crippen molar-refractivity contribution < 1.29 is 22.6 Å². The average molecular weight is 527 g/mol. The molecule has 0 saturated carbocycles. The maximum Gasteiger partial charge on any atom is 0.422 e. The number of aryl methyl sites for hydroxylation is 1. The van der Waals surface area contributed by atoms with E-state index in [0.29, 0.717) is 25.6 Å². The lowest BCUT2D eigenvalue weighted by Gasteiger charge is -2.14. The Kier molecular flexibility index (Phi) is 10.1. The molecule has 0 spiro atoms. The third-order valence-corrected chi connectivity index (χ3v) is 3.74. The fourth-order valence-corrected chi connectivity index (χ4v) is 2.35. The van der Waals surface area contributed by atoms with Gasteiger partial charge in [0.05, 0.1) is 25.9 Å². The average Bonchev–Trinajstić information content (AvgIpc) is 3.06. The minimum Gasteiger partial charge on any atom is -0.493 e. The van der Waals surface area contributed by atoms with Crippen LogP contribution in [0, 0.1) is 0 Å². The van der Waals surface area contributed by atoms with E-state index < -0.39 is 12.8 Å². The van der Waals surface area contributed by atoms with Crippen LogP contribution >= 0.6 is 24.0 Å². The lowest BCUT2D eigenvalue weighted by atomic mass is 10.2. The van der Waals surface area contributed by atoms with Gasteiger partial charge in [-0.3, -0.25) is 4.68 Å². The van der Waals surface area contributed by atoms with Crippen LogP contribution in [0.25, 0.3) is 0 Å². The number of ether oxygens (including phenoxy) is 2. The predicted molar refractivity (Wildman–Crippen MR) is 115 cm³/mol. The molecule has 1 aromatic carbocycles. The Balaban J connectivity index is 0.00000420. The molecule has 162 valence electrons. The molecule has 11 heteroatoms. The number of nitrogens with zero attached hydrogens (tertiary/aromatic N) is 3. The van der Waals surface area contributed by atoms with Gasteiger partial charge >= 0.3 is 6.18 Å². The van der Waals surface area contributed by atoms with E-state index in [1.54, 1.807) is 23.0 Å². The molecule has 0 amide bonds. The summed E-state index contributed by atoms with van der Waals surface area (Å²) in [5.41, 5.74) is 1.77. The molecule has 0 aliphatic heterocycles. The molecular formula is C18H25F3IN5O2. The first-order valence-electron chi connectivity index (χ1n) is 8.68. The summed E-state index contributed by atoms with van der Waals surface area (Å²) in [6.07, 6.45) is -2.69. The van der Waals surface area contributed by atoms with Crippen LogP contribution in [0.4, 0.5) is 13.2 Å². The minimum atomic E-state index is -4.41. The molecule has 1 aromatic heterocycles. The van der Waals surface area contributed by atoms with Crippen LogP contribution in [0.15, 0.2) is 35.5 Å². The zero-order chi connectivity index (χ0) is 20.6. The number of methoxy groups -OCH3 is 1. The molecule has 2 rings (SSSR count). The van der Waals surface area contributed by atoms with Gasteiger partial charge in [-0.2, -0.15) is 18.3 Å². The van der Waals surface area contributed by atoms with Gasteiger partial charge in [0.1, 0.15) is 0 Å². The van der Waals surface area contributed by atoms with E-state index in [0.717, 1.165) is 11.3 Å². The van der Waals surface area contributed by atoms with Gasteiger partial charge in [-0.15, -0.1) is 24.0 Å². The van der Waals surface area contributed by atoms with Crippen LogP contribution in [0.1, 0.15) is 18.2 Å². The number of rotatable bonds is 8. The van der Waals surface area contributed by atoms with E-state index in [4.69, 9.17) is 9.47 Å². The highest BCUT2D eigenvalue weighted by Gasteiger charge is 2.29. The van der Waals surface area contributed by atoms with Crippen LogP contribution in [-0.4, -0.2) is 42.2 Å². The Morgan fingerprint density at radius 2 is 1.97 bits per heavy atom. The smallest absolute Gasteiger partial charge is 0.422 e. The molecule has 0 fully saturated rings. The van der Waals surface area contributed by atoms with Crippen molar-refractivity contribution in [2.75, 3.05) is 20.3 Å². The molecule has 7 nitrogen and oxygen atoms in total. The van der Waals surface area contributed by atoms with E-state index in [-0.39, 0.29) is 35.5 Å². The van der Waals surface area contributed by atoms with E-state index in [2.05, 4.69) is 20.7 Å². The van der Waals surface area contributed by atoms with Gasteiger partial charge in [-0.05, 0) is 30.7 Å². The third-order valence-electron chi connectivity index (χ3n) is 3.74. The van der Waals surface area contributed by atoms with Crippen LogP contribution in [0.5, 0.6) is 11.5 Å². The summed E-state index contributed by atoms with van der Waals surface area (Å²) in [5.74, 6) is 0.874. The maximum atomic E-state index is 12.3. The van der Waals surface area contributed by atoms with Crippen LogP contribution in [0.3, 0.4) is 0 Å². The Hall–Kier alpha value is -2.18. The van der Waals surface area contributed by atoms with E-state index in [9.17, 15) is 13.2 Å². The third kappa shape index (κ3) is 8.38. The van der Waals surface area contributed by atoms with Crippen molar-refractivity contribution in [3.8, 4) is 11.5 Å². The number of guanidine groups is 1. The maximum absolute atomic E-state index is 12.3. The molecule has 2 N–H and O–H groups in total. The van der Waals surface area contributed by atoms with Gasteiger partial charge < -0.3 is 20.1 Å². The number of aliphatic imine (C=N–C) groups is 1. The molecule has 0 aliphatic carbocycles. The monoisotopic (exact) mass is 527 g/mol. The molecule has 0 saturated heterocycles. The van der Waals surface area contributed by atoms with Crippen molar-refractivity contribution >= 4 is 29.9 Å². The zero-order valence-corrected chi connectivity index (χ0v) is 18.7. The number of alkyl halides is 3. The Morgan fingerprint density at radius 1 is 1.21 bits per heavy atom. The first kappa shape index (κ1) is 24.9. The number of aromatic nitrogens is 2. The van der Waals surface area contributed by atoms with E-state index in [1.807, 2.05) is 20.0 Å². The summed E-state index contributed by atoms with van der Waals surface area (Å²) in [5, 5.41) is 10.5. The fourth-order valence-electron chi connectivity index (χ4n) is 2.35. The summed E-state index contributed by atoms with van der Waals surface area (Å²) in [7, 11) is 3.23. The molecule has 0 aliphatic rings. The molecule has 0 atom stereocenters. The SMILES string of the molecule is CCNC(=NCc1ccc(OCC(F)(F)F)c(OC)c1)NCc1ccnn1C.I. The number of benzene rings is 1. The predicted octanol–water partition coefficient (Wildman–Crippen LogP) is 3.24. The molecule has 1 heterocycles. The summed E-state index contributed by atoms with van der Waals surface area (Å²) in [6, 6.07) is 6.62. The molecule has 0 unspecified atom stereocenters. The van der Waals surface area contributed by atoms with E-state index >= 15 is 0 Å².